The Morgan fingerprint density at radius 1 is 1.67 bits per heavy atom. The highest BCUT2D eigenvalue weighted by atomic mass is 16.5. The molecule has 0 radical (unpaired) electrons. The second-order valence-corrected chi connectivity index (χ2v) is 4.23. The smallest absolute Gasteiger partial charge is 0.267 e. The zero-order chi connectivity index (χ0) is 13.5. The van der Waals surface area contributed by atoms with Crippen LogP contribution >= 0.6 is 0 Å². The number of hydrogen-bond acceptors (Lipinski definition) is 6. The van der Waals surface area contributed by atoms with E-state index in [-0.39, 0.29) is 18.2 Å². The van der Waals surface area contributed by atoms with Crippen molar-refractivity contribution in [1.29, 1.82) is 0 Å². The van der Waals surface area contributed by atoms with Crippen molar-refractivity contribution in [2.45, 2.75) is 6.92 Å². The largest absolute Gasteiger partial charge is 0.758 e. The van der Waals surface area contributed by atoms with Crippen LogP contribution in [0.3, 0.4) is 0 Å². The number of aliphatic imine (C=N–C) groups is 1. The maximum atomic E-state index is 11.7. The first-order chi connectivity index (χ1) is 8.54. The van der Waals surface area contributed by atoms with Crippen molar-refractivity contribution in [3.8, 4) is 0 Å². The van der Waals surface area contributed by atoms with E-state index in [1.807, 2.05) is 11.9 Å². The summed E-state index contributed by atoms with van der Waals surface area (Å²) in [6, 6.07) is 0. The van der Waals surface area contributed by atoms with Crippen LogP contribution in [0, 0.1) is 5.21 Å². The fourth-order valence-corrected chi connectivity index (χ4v) is 1.46. The lowest BCUT2D eigenvalue weighted by Gasteiger charge is -2.33. The molecule has 102 valence electrons. The van der Waals surface area contributed by atoms with Gasteiger partial charge in [-0.2, -0.15) is 0 Å². The Morgan fingerprint density at radius 2 is 2.39 bits per heavy atom. The Morgan fingerprint density at radius 3 is 3.00 bits per heavy atom. The van der Waals surface area contributed by atoms with Gasteiger partial charge in [-0.1, -0.05) is 0 Å². The fraction of sp³-hybridized carbons (Fsp3) is 0.636. The molecular formula is C11H20N5O2-. The third-order valence-corrected chi connectivity index (χ3v) is 2.65. The summed E-state index contributed by atoms with van der Waals surface area (Å²) >= 11 is 0. The molecule has 0 saturated carbocycles. The lowest BCUT2D eigenvalue weighted by atomic mass is 10.3. The Kier molecular flexibility index (Phi) is 5.76. The lowest BCUT2D eigenvalue weighted by molar-refractivity contribution is -0.115. The summed E-state index contributed by atoms with van der Waals surface area (Å²) in [5.74, 6) is -0.291. The average molecular weight is 254 g/mol. The molecule has 1 rings (SSSR count). The molecule has 0 unspecified atom stereocenters. The molecule has 0 aromatic carbocycles. The Bertz CT molecular complexity index is 353. The molecular weight excluding hydrogens is 234 g/mol. The fourth-order valence-electron chi connectivity index (χ4n) is 1.46. The van der Waals surface area contributed by atoms with Crippen molar-refractivity contribution in [3.63, 3.8) is 0 Å². The van der Waals surface area contributed by atoms with Crippen LogP contribution in [-0.4, -0.2) is 61.4 Å². The molecule has 0 aliphatic carbocycles. The summed E-state index contributed by atoms with van der Waals surface area (Å²) in [6.45, 7) is 4.27. The van der Waals surface area contributed by atoms with Gasteiger partial charge < -0.3 is 26.2 Å². The van der Waals surface area contributed by atoms with E-state index in [4.69, 9.17) is 5.73 Å². The molecule has 0 saturated heterocycles. The van der Waals surface area contributed by atoms with Crippen LogP contribution < -0.4 is 11.1 Å². The molecule has 0 spiro atoms. The van der Waals surface area contributed by atoms with Gasteiger partial charge in [0.05, 0.1) is 6.54 Å². The SMILES string of the molecule is CC1=CN=C(C(=O)NCCN(C)CCN)CN1[O-]. The van der Waals surface area contributed by atoms with Crippen molar-refractivity contribution in [2.75, 3.05) is 39.8 Å². The van der Waals surface area contributed by atoms with Gasteiger partial charge in [-0.3, -0.25) is 9.79 Å². The van der Waals surface area contributed by atoms with Crippen molar-refractivity contribution < 1.29 is 4.79 Å². The zero-order valence-electron chi connectivity index (χ0n) is 10.8. The molecule has 0 atom stereocenters. The average Bonchev–Trinajstić information content (AvgIpc) is 2.33. The summed E-state index contributed by atoms with van der Waals surface area (Å²) in [6.07, 6.45) is 1.41. The van der Waals surface area contributed by atoms with E-state index in [0.29, 0.717) is 25.3 Å². The maximum Gasteiger partial charge on any atom is 0.267 e. The highest BCUT2D eigenvalue weighted by molar-refractivity contribution is 6.40. The Balaban J connectivity index is 2.34. The van der Waals surface area contributed by atoms with Crippen molar-refractivity contribution >= 4 is 11.6 Å². The number of nitrogens with one attached hydrogen (secondary N) is 1. The van der Waals surface area contributed by atoms with E-state index < -0.39 is 0 Å². The number of nitrogens with zero attached hydrogens (tertiary/aromatic N) is 3. The topological polar surface area (TPSA) is 97.0 Å². The van der Waals surface area contributed by atoms with Crippen LogP contribution in [0.4, 0.5) is 0 Å². The summed E-state index contributed by atoms with van der Waals surface area (Å²) < 4.78 is 0. The molecule has 0 aromatic rings. The van der Waals surface area contributed by atoms with Gasteiger partial charge in [-0.05, 0) is 14.0 Å². The lowest BCUT2D eigenvalue weighted by Crippen LogP contribution is -2.41. The first-order valence-electron chi connectivity index (χ1n) is 5.89. The second-order valence-electron chi connectivity index (χ2n) is 4.23. The molecule has 0 bridgehead atoms. The molecule has 1 amide bonds. The van der Waals surface area contributed by atoms with E-state index in [9.17, 15) is 10.0 Å². The summed E-state index contributed by atoms with van der Waals surface area (Å²) in [7, 11) is 1.93. The molecule has 1 aliphatic rings. The number of carbonyl (C=O) groups is 1. The van der Waals surface area contributed by atoms with E-state index in [0.717, 1.165) is 11.6 Å². The third-order valence-electron chi connectivity index (χ3n) is 2.65. The van der Waals surface area contributed by atoms with Gasteiger partial charge in [-0.15, -0.1) is 0 Å². The van der Waals surface area contributed by atoms with Gasteiger partial charge in [0.15, 0.2) is 0 Å². The number of allylic oxidation sites excluding steroid dienone is 1. The van der Waals surface area contributed by atoms with Crippen molar-refractivity contribution in [3.05, 3.63) is 17.1 Å². The van der Waals surface area contributed by atoms with Crippen LogP contribution in [0.15, 0.2) is 16.9 Å². The third kappa shape index (κ3) is 4.44. The van der Waals surface area contributed by atoms with Crippen LogP contribution in [0.1, 0.15) is 6.92 Å². The molecule has 7 nitrogen and oxygen atoms in total. The minimum absolute atomic E-state index is 0.00675. The van der Waals surface area contributed by atoms with Crippen molar-refractivity contribution in [2.24, 2.45) is 10.7 Å². The van der Waals surface area contributed by atoms with Crippen molar-refractivity contribution in [1.82, 2.24) is 15.3 Å². The van der Waals surface area contributed by atoms with Gasteiger partial charge in [-0.25, -0.2) is 0 Å². The number of likely N-dealkylation sites (N-methyl/N-ethyl adjacent to an activating group) is 1. The quantitative estimate of drug-likeness (QED) is 0.641. The predicted octanol–water partition coefficient (Wildman–Crippen LogP) is -0.891. The molecule has 1 heterocycles. The summed E-state index contributed by atoms with van der Waals surface area (Å²) in [5.41, 5.74) is 6.17. The zero-order valence-corrected chi connectivity index (χ0v) is 10.8. The minimum atomic E-state index is -0.291. The van der Waals surface area contributed by atoms with Gasteiger partial charge in [0.25, 0.3) is 5.91 Å². The highest BCUT2D eigenvalue weighted by Gasteiger charge is 2.14. The molecule has 3 N–H and O–H groups in total. The number of nitrogens with two attached hydrogens (primary N) is 1. The van der Waals surface area contributed by atoms with E-state index >= 15 is 0 Å². The molecule has 0 aromatic heterocycles. The van der Waals surface area contributed by atoms with Gasteiger partial charge in [0.2, 0.25) is 0 Å². The monoisotopic (exact) mass is 254 g/mol. The van der Waals surface area contributed by atoms with E-state index in [1.165, 1.54) is 6.20 Å². The van der Waals surface area contributed by atoms with Gasteiger partial charge in [0, 0.05) is 38.1 Å². The first-order valence-corrected chi connectivity index (χ1v) is 5.89. The molecule has 7 heteroatoms. The molecule has 18 heavy (non-hydrogen) atoms. The first kappa shape index (κ1) is 14.6. The predicted molar refractivity (Wildman–Crippen MR) is 70.8 cm³/mol. The van der Waals surface area contributed by atoms with E-state index in [2.05, 4.69) is 10.3 Å². The standard InChI is InChI=1S/C11H20N5O2/c1-9-7-14-10(8-16(9)18)11(17)13-4-6-15(2)5-3-12/h7H,3-6,8,12H2,1-2H3,(H,13,17)/q-1. The number of hydrogen-bond donors (Lipinski definition) is 2. The Labute approximate surface area is 107 Å². The maximum absolute atomic E-state index is 11.7. The number of rotatable bonds is 6. The summed E-state index contributed by atoms with van der Waals surface area (Å²) in [5, 5.41) is 14.8. The highest BCUT2D eigenvalue weighted by Crippen LogP contribution is 2.07. The van der Waals surface area contributed by atoms with E-state index in [1.54, 1.807) is 6.92 Å². The number of hydroxylamine groups is 2. The normalized spacial score (nSPS) is 15.5. The second kappa shape index (κ2) is 7.10. The molecule has 1 aliphatic heterocycles. The van der Waals surface area contributed by atoms with Gasteiger partial charge in [0.1, 0.15) is 5.71 Å². The van der Waals surface area contributed by atoms with Crippen LogP contribution in [-0.2, 0) is 4.79 Å². The molecule has 0 fully saturated rings. The number of carbonyl (C=O) groups excluding carboxylic acids is 1. The van der Waals surface area contributed by atoms with Gasteiger partial charge >= 0.3 is 0 Å². The summed E-state index contributed by atoms with van der Waals surface area (Å²) in [4.78, 5) is 17.7. The minimum Gasteiger partial charge on any atom is -0.758 e. The van der Waals surface area contributed by atoms with Crippen LogP contribution in [0.25, 0.3) is 0 Å². The van der Waals surface area contributed by atoms with Crippen LogP contribution in [0.2, 0.25) is 0 Å². The van der Waals surface area contributed by atoms with Crippen LogP contribution in [0.5, 0.6) is 0 Å². The number of amides is 1. The Hall–Kier alpha value is -1.44.